The lowest BCUT2D eigenvalue weighted by atomic mass is 10.1. The molecule has 0 saturated carbocycles. The van der Waals surface area contributed by atoms with Gasteiger partial charge in [-0.05, 0) is 36.2 Å². The third-order valence-corrected chi connectivity index (χ3v) is 4.10. The van der Waals surface area contributed by atoms with Gasteiger partial charge in [0.1, 0.15) is 5.58 Å². The molecular formula is C17H12Cl2O2. The van der Waals surface area contributed by atoms with Gasteiger partial charge in [-0.1, -0.05) is 47.5 Å². The highest BCUT2D eigenvalue weighted by molar-refractivity contribution is 6.42. The van der Waals surface area contributed by atoms with Crippen molar-refractivity contribution >= 4 is 40.0 Å². The molecule has 106 valence electrons. The number of hydrogen-bond donors (Lipinski definition) is 0. The van der Waals surface area contributed by atoms with Gasteiger partial charge in [0.25, 0.3) is 0 Å². The number of halogens is 2. The molecule has 4 heteroatoms. The summed E-state index contributed by atoms with van der Waals surface area (Å²) < 4.78 is 5.68. The molecule has 0 aliphatic carbocycles. The molecule has 0 fully saturated rings. The number of rotatable bonds is 3. The second-order valence-electron chi connectivity index (χ2n) is 4.95. The molecule has 0 amide bonds. The molecule has 21 heavy (non-hydrogen) atoms. The monoisotopic (exact) mass is 318 g/mol. The Morgan fingerprint density at radius 3 is 2.62 bits per heavy atom. The molecule has 2 aromatic carbocycles. The van der Waals surface area contributed by atoms with Gasteiger partial charge in [0.2, 0.25) is 5.78 Å². The number of furan rings is 1. The first-order chi connectivity index (χ1) is 10.0. The fraction of sp³-hybridized carbons (Fsp3) is 0.118. The van der Waals surface area contributed by atoms with E-state index >= 15 is 0 Å². The fourth-order valence-corrected chi connectivity index (χ4v) is 2.59. The molecular weight excluding hydrogens is 307 g/mol. The van der Waals surface area contributed by atoms with E-state index in [0.717, 1.165) is 22.1 Å². The van der Waals surface area contributed by atoms with E-state index in [4.69, 9.17) is 27.6 Å². The van der Waals surface area contributed by atoms with E-state index in [9.17, 15) is 4.79 Å². The summed E-state index contributed by atoms with van der Waals surface area (Å²) in [5.41, 5.74) is 2.59. The average molecular weight is 319 g/mol. The van der Waals surface area contributed by atoms with Gasteiger partial charge >= 0.3 is 0 Å². The topological polar surface area (TPSA) is 30.2 Å². The fourth-order valence-electron chi connectivity index (χ4n) is 2.27. The van der Waals surface area contributed by atoms with Gasteiger partial charge in [-0.15, -0.1) is 0 Å². The van der Waals surface area contributed by atoms with Crippen LogP contribution in [-0.2, 0) is 6.42 Å². The van der Waals surface area contributed by atoms with E-state index in [0.29, 0.717) is 15.8 Å². The smallest absolute Gasteiger partial charge is 0.202 e. The summed E-state index contributed by atoms with van der Waals surface area (Å²) >= 11 is 11.8. The molecule has 3 aromatic rings. The Bertz CT molecular complexity index is 834. The Balaban J connectivity index is 1.90. The van der Waals surface area contributed by atoms with Crippen LogP contribution in [0.5, 0.6) is 0 Å². The maximum atomic E-state index is 12.3. The number of benzene rings is 2. The van der Waals surface area contributed by atoms with Crippen molar-refractivity contribution in [2.75, 3.05) is 0 Å². The van der Waals surface area contributed by atoms with Gasteiger partial charge in [0.05, 0.1) is 10.0 Å². The lowest BCUT2D eigenvalue weighted by Gasteiger charge is -2.01. The first-order valence-electron chi connectivity index (χ1n) is 6.51. The van der Waals surface area contributed by atoms with Crippen molar-refractivity contribution in [3.8, 4) is 0 Å². The molecule has 0 bridgehead atoms. The van der Waals surface area contributed by atoms with E-state index in [1.165, 1.54) is 0 Å². The maximum Gasteiger partial charge on any atom is 0.202 e. The summed E-state index contributed by atoms with van der Waals surface area (Å²) in [6, 6.07) is 12.8. The Morgan fingerprint density at radius 1 is 1.10 bits per heavy atom. The van der Waals surface area contributed by atoms with Gasteiger partial charge in [0, 0.05) is 11.8 Å². The third kappa shape index (κ3) is 2.82. The van der Waals surface area contributed by atoms with E-state index < -0.39 is 0 Å². The van der Waals surface area contributed by atoms with E-state index in [1.54, 1.807) is 24.3 Å². The van der Waals surface area contributed by atoms with Crippen LogP contribution in [0.3, 0.4) is 0 Å². The van der Waals surface area contributed by atoms with E-state index in [-0.39, 0.29) is 12.2 Å². The predicted octanol–water partition coefficient (Wildman–Crippen LogP) is 5.47. The van der Waals surface area contributed by atoms with Crippen LogP contribution in [0.1, 0.15) is 21.7 Å². The third-order valence-electron chi connectivity index (χ3n) is 3.36. The zero-order chi connectivity index (χ0) is 15.0. The molecule has 2 nitrogen and oxygen atoms in total. The maximum absolute atomic E-state index is 12.3. The molecule has 1 aromatic heterocycles. The van der Waals surface area contributed by atoms with Crippen molar-refractivity contribution < 1.29 is 9.21 Å². The number of carbonyl (C=O) groups is 1. The molecule has 0 aliphatic rings. The van der Waals surface area contributed by atoms with Crippen molar-refractivity contribution in [1.29, 1.82) is 0 Å². The Morgan fingerprint density at radius 2 is 1.90 bits per heavy atom. The standard InChI is InChI=1S/C17H12Cl2O2/c1-10-3-2-4-12-9-16(21-17(10)12)15(20)8-11-5-6-13(18)14(19)7-11/h2-7,9H,8H2,1H3. The molecule has 0 N–H and O–H groups in total. The van der Waals surface area contributed by atoms with E-state index in [1.807, 2.05) is 25.1 Å². The quantitative estimate of drug-likeness (QED) is 0.599. The van der Waals surface area contributed by atoms with Crippen molar-refractivity contribution in [2.24, 2.45) is 0 Å². The van der Waals surface area contributed by atoms with Crippen molar-refractivity contribution in [2.45, 2.75) is 13.3 Å². The largest absolute Gasteiger partial charge is 0.453 e. The van der Waals surface area contributed by atoms with Crippen LogP contribution in [0.25, 0.3) is 11.0 Å². The molecule has 0 saturated heterocycles. The normalized spacial score (nSPS) is 11.0. The zero-order valence-corrected chi connectivity index (χ0v) is 12.8. The van der Waals surface area contributed by atoms with E-state index in [2.05, 4.69) is 0 Å². The minimum atomic E-state index is -0.0796. The number of hydrogen-bond acceptors (Lipinski definition) is 2. The molecule has 0 aliphatic heterocycles. The summed E-state index contributed by atoms with van der Waals surface area (Å²) in [6.07, 6.45) is 0.232. The second kappa shape index (κ2) is 5.55. The van der Waals surface area contributed by atoms with Crippen LogP contribution in [0, 0.1) is 6.92 Å². The molecule has 1 heterocycles. The van der Waals surface area contributed by atoms with Crippen LogP contribution in [0.4, 0.5) is 0 Å². The molecule has 0 spiro atoms. The van der Waals surface area contributed by atoms with Crippen LogP contribution in [0.15, 0.2) is 46.9 Å². The second-order valence-corrected chi connectivity index (χ2v) is 5.77. The van der Waals surface area contributed by atoms with Crippen LogP contribution >= 0.6 is 23.2 Å². The molecule has 0 unspecified atom stereocenters. The van der Waals surface area contributed by atoms with Gasteiger partial charge in [-0.3, -0.25) is 4.79 Å². The molecule has 0 atom stereocenters. The number of carbonyl (C=O) groups excluding carboxylic acids is 1. The number of fused-ring (bicyclic) bond motifs is 1. The van der Waals surface area contributed by atoms with Gasteiger partial charge in [-0.2, -0.15) is 0 Å². The van der Waals surface area contributed by atoms with Crippen LogP contribution in [0.2, 0.25) is 10.0 Å². The number of aryl methyl sites for hydroxylation is 1. The number of para-hydroxylation sites is 1. The van der Waals surface area contributed by atoms with Crippen LogP contribution < -0.4 is 0 Å². The number of Topliss-reactive ketones (excluding diaryl/α,β-unsaturated/α-hetero) is 1. The van der Waals surface area contributed by atoms with Gasteiger partial charge < -0.3 is 4.42 Å². The Labute approximate surface area is 132 Å². The highest BCUT2D eigenvalue weighted by Crippen LogP contribution is 2.25. The molecule has 0 radical (unpaired) electrons. The Hall–Kier alpha value is -1.77. The van der Waals surface area contributed by atoms with Gasteiger partial charge in [0.15, 0.2) is 5.76 Å². The predicted molar refractivity (Wildman–Crippen MR) is 85.4 cm³/mol. The Kier molecular flexibility index (Phi) is 3.75. The molecule has 3 rings (SSSR count). The number of ketones is 1. The van der Waals surface area contributed by atoms with Gasteiger partial charge in [-0.25, -0.2) is 0 Å². The lowest BCUT2D eigenvalue weighted by Crippen LogP contribution is -2.01. The summed E-state index contributed by atoms with van der Waals surface area (Å²) in [5.74, 6) is 0.286. The summed E-state index contributed by atoms with van der Waals surface area (Å²) in [4.78, 5) is 12.3. The SMILES string of the molecule is Cc1cccc2cc(C(=O)Cc3ccc(Cl)c(Cl)c3)oc12. The van der Waals surface area contributed by atoms with Crippen LogP contribution in [-0.4, -0.2) is 5.78 Å². The zero-order valence-electron chi connectivity index (χ0n) is 11.3. The lowest BCUT2D eigenvalue weighted by molar-refractivity contribution is 0.0968. The first-order valence-corrected chi connectivity index (χ1v) is 7.26. The van der Waals surface area contributed by atoms with Crippen molar-refractivity contribution in [3.05, 3.63) is 69.4 Å². The minimum Gasteiger partial charge on any atom is -0.453 e. The summed E-state index contributed by atoms with van der Waals surface area (Å²) in [6.45, 7) is 1.96. The van der Waals surface area contributed by atoms with Crippen molar-refractivity contribution in [1.82, 2.24) is 0 Å². The highest BCUT2D eigenvalue weighted by Gasteiger charge is 2.14. The minimum absolute atomic E-state index is 0.0796. The summed E-state index contributed by atoms with van der Waals surface area (Å²) in [5, 5.41) is 1.86. The first kappa shape index (κ1) is 14.2. The van der Waals surface area contributed by atoms with Crippen molar-refractivity contribution in [3.63, 3.8) is 0 Å². The summed E-state index contributed by atoms with van der Waals surface area (Å²) in [7, 11) is 0. The highest BCUT2D eigenvalue weighted by atomic mass is 35.5. The average Bonchev–Trinajstić information content (AvgIpc) is 2.89.